The number of anilines is 1. The summed E-state index contributed by atoms with van der Waals surface area (Å²) in [6.45, 7) is 4.39. The van der Waals surface area contributed by atoms with Crippen LogP contribution in [0.5, 0.6) is 0 Å². The van der Waals surface area contributed by atoms with Crippen molar-refractivity contribution in [3.63, 3.8) is 0 Å². The second-order valence-electron chi connectivity index (χ2n) is 4.70. The molecule has 0 saturated carbocycles. The van der Waals surface area contributed by atoms with Crippen molar-refractivity contribution in [1.29, 1.82) is 0 Å². The molecule has 1 aromatic carbocycles. The minimum absolute atomic E-state index is 0.660. The number of rotatable bonds is 1. The van der Waals surface area contributed by atoms with Crippen LogP contribution in [0.25, 0.3) is 11.1 Å². The molecule has 6 heteroatoms. The van der Waals surface area contributed by atoms with E-state index >= 15 is 0 Å². The van der Waals surface area contributed by atoms with Gasteiger partial charge in [-0.25, -0.2) is 0 Å². The predicted molar refractivity (Wildman–Crippen MR) is 69.8 cm³/mol. The third-order valence-electron chi connectivity index (χ3n) is 3.49. The van der Waals surface area contributed by atoms with Gasteiger partial charge in [0.15, 0.2) is 11.4 Å². The van der Waals surface area contributed by atoms with Gasteiger partial charge in [-0.2, -0.15) is 4.98 Å². The molecule has 0 radical (unpaired) electrons. The summed E-state index contributed by atoms with van der Waals surface area (Å²) in [4.78, 5) is 6.62. The van der Waals surface area contributed by atoms with E-state index in [2.05, 4.69) is 24.6 Å². The van der Waals surface area contributed by atoms with Gasteiger partial charge >= 0.3 is 0 Å². The van der Waals surface area contributed by atoms with Crippen molar-refractivity contribution in [3.8, 4) is 0 Å². The van der Waals surface area contributed by atoms with E-state index < -0.39 is 0 Å². The third kappa shape index (κ3) is 1.60. The fourth-order valence-electron chi connectivity index (χ4n) is 2.46. The Labute approximate surface area is 109 Å². The summed E-state index contributed by atoms with van der Waals surface area (Å²) in [5.41, 5.74) is 1.71. The first-order chi connectivity index (χ1) is 9.31. The number of benzene rings is 1. The number of hydrogen-bond acceptors (Lipinski definition) is 5. The molecule has 0 bridgehead atoms. The summed E-state index contributed by atoms with van der Waals surface area (Å²) >= 11 is 0. The highest BCUT2D eigenvalue weighted by molar-refractivity contribution is 5.74. The predicted octanol–water partition coefficient (Wildman–Crippen LogP) is 1.75. The fourth-order valence-corrected chi connectivity index (χ4v) is 2.46. The first-order valence-electron chi connectivity index (χ1n) is 6.30. The third-order valence-corrected chi connectivity index (χ3v) is 3.49. The maximum atomic E-state index is 5.79. The highest BCUT2D eigenvalue weighted by atomic mass is 16.4. The van der Waals surface area contributed by atoms with Gasteiger partial charge < -0.3 is 13.9 Å². The quantitative estimate of drug-likeness (QED) is 0.663. The van der Waals surface area contributed by atoms with Crippen molar-refractivity contribution in [3.05, 3.63) is 35.9 Å². The smallest absolute Gasteiger partial charge is 0.298 e. The Balaban J connectivity index is 1.70. The lowest BCUT2D eigenvalue weighted by Gasteiger charge is -2.25. The van der Waals surface area contributed by atoms with Gasteiger partial charge in [-0.15, -0.1) is 10.2 Å². The van der Waals surface area contributed by atoms with Crippen LogP contribution in [0.3, 0.4) is 0 Å². The van der Waals surface area contributed by atoms with Crippen LogP contribution in [0.4, 0.5) is 6.01 Å². The highest BCUT2D eigenvalue weighted by Gasteiger charge is 2.23. The minimum Gasteiger partial charge on any atom is -0.423 e. The van der Waals surface area contributed by atoms with Crippen LogP contribution in [-0.2, 0) is 13.1 Å². The lowest BCUT2D eigenvalue weighted by Crippen LogP contribution is -2.34. The maximum Gasteiger partial charge on any atom is 0.298 e. The topological polar surface area (TPSA) is 60.0 Å². The Bertz CT molecular complexity index is 711. The summed E-state index contributed by atoms with van der Waals surface area (Å²) in [7, 11) is 0. The monoisotopic (exact) mass is 255 g/mol. The van der Waals surface area contributed by atoms with Crippen molar-refractivity contribution in [2.75, 3.05) is 11.4 Å². The molecule has 1 aliphatic heterocycles. The fraction of sp³-hybridized carbons (Fsp3) is 0.308. The van der Waals surface area contributed by atoms with Gasteiger partial charge in [-0.05, 0) is 19.1 Å². The average Bonchev–Trinajstić information content (AvgIpc) is 3.02. The van der Waals surface area contributed by atoms with Crippen LogP contribution in [0.2, 0.25) is 0 Å². The number of para-hydroxylation sites is 2. The molecular weight excluding hydrogens is 242 g/mol. The van der Waals surface area contributed by atoms with Gasteiger partial charge in [0, 0.05) is 13.1 Å². The zero-order valence-electron chi connectivity index (χ0n) is 10.6. The summed E-state index contributed by atoms with van der Waals surface area (Å²) in [5.74, 6) is 1.93. The molecule has 0 amide bonds. The lowest BCUT2D eigenvalue weighted by atomic mass is 10.3. The molecule has 1 aliphatic rings. The van der Waals surface area contributed by atoms with Crippen LogP contribution < -0.4 is 4.90 Å². The standard InChI is InChI=1S/C13H13N5O/c1-9-15-16-12-8-17(6-7-18(9)12)13-14-10-4-2-3-5-11(10)19-13/h2-5H,6-8H2,1H3. The Morgan fingerprint density at radius 2 is 2.05 bits per heavy atom. The largest absolute Gasteiger partial charge is 0.423 e. The van der Waals surface area contributed by atoms with Gasteiger partial charge in [0.2, 0.25) is 0 Å². The van der Waals surface area contributed by atoms with E-state index in [1.807, 2.05) is 31.2 Å². The van der Waals surface area contributed by atoms with Crippen LogP contribution in [0, 0.1) is 6.92 Å². The number of nitrogens with zero attached hydrogens (tertiary/aromatic N) is 5. The molecule has 0 N–H and O–H groups in total. The number of hydrogen-bond donors (Lipinski definition) is 0. The van der Waals surface area contributed by atoms with Gasteiger partial charge in [0.1, 0.15) is 11.3 Å². The minimum atomic E-state index is 0.660. The van der Waals surface area contributed by atoms with Crippen molar-refractivity contribution in [1.82, 2.24) is 19.7 Å². The Kier molecular flexibility index (Phi) is 2.11. The van der Waals surface area contributed by atoms with Gasteiger partial charge in [0.05, 0.1) is 6.54 Å². The van der Waals surface area contributed by atoms with Crippen molar-refractivity contribution in [2.24, 2.45) is 0 Å². The van der Waals surface area contributed by atoms with E-state index in [0.717, 1.165) is 35.8 Å². The average molecular weight is 255 g/mol. The van der Waals surface area contributed by atoms with Gasteiger partial charge in [0.25, 0.3) is 6.01 Å². The van der Waals surface area contributed by atoms with E-state index in [0.29, 0.717) is 12.6 Å². The van der Waals surface area contributed by atoms with Gasteiger partial charge in [-0.3, -0.25) is 0 Å². The Morgan fingerprint density at radius 3 is 2.95 bits per heavy atom. The molecule has 3 aromatic rings. The molecule has 6 nitrogen and oxygen atoms in total. The van der Waals surface area contributed by atoms with E-state index in [1.165, 1.54) is 0 Å². The molecular formula is C13H13N5O. The van der Waals surface area contributed by atoms with Crippen LogP contribution in [0.15, 0.2) is 28.7 Å². The zero-order valence-corrected chi connectivity index (χ0v) is 10.6. The van der Waals surface area contributed by atoms with E-state index in [-0.39, 0.29) is 0 Å². The summed E-state index contributed by atoms with van der Waals surface area (Å²) in [6.07, 6.45) is 0. The first-order valence-corrected chi connectivity index (χ1v) is 6.30. The molecule has 2 aromatic heterocycles. The molecule has 0 spiro atoms. The second-order valence-corrected chi connectivity index (χ2v) is 4.70. The van der Waals surface area contributed by atoms with E-state index in [4.69, 9.17) is 4.42 Å². The van der Waals surface area contributed by atoms with Crippen LogP contribution in [-0.4, -0.2) is 26.3 Å². The summed E-state index contributed by atoms with van der Waals surface area (Å²) in [6, 6.07) is 8.47. The molecule has 3 heterocycles. The molecule has 0 unspecified atom stereocenters. The molecule has 0 aliphatic carbocycles. The summed E-state index contributed by atoms with van der Waals surface area (Å²) in [5, 5.41) is 8.29. The van der Waals surface area contributed by atoms with Crippen molar-refractivity contribution in [2.45, 2.75) is 20.0 Å². The number of fused-ring (bicyclic) bond motifs is 2. The SMILES string of the molecule is Cc1nnc2n1CCN(c1nc3ccccc3o1)C2. The van der Waals surface area contributed by atoms with E-state index in [9.17, 15) is 0 Å². The molecule has 4 rings (SSSR count). The van der Waals surface area contributed by atoms with Crippen LogP contribution >= 0.6 is 0 Å². The van der Waals surface area contributed by atoms with E-state index in [1.54, 1.807) is 0 Å². The molecule has 0 atom stereocenters. The van der Waals surface area contributed by atoms with Crippen LogP contribution in [0.1, 0.15) is 11.6 Å². The number of aromatic nitrogens is 4. The normalized spacial score (nSPS) is 14.9. The molecule has 0 saturated heterocycles. The van der Waals surface area contributed by atoms with Crippen molar-refractivity contribution < 1.29 is 4.42 Å². The number of aryl methyl sites for hydroxylation is 1. The van der Waals surface area contributed by atoms with Crippen molar-refractivity contribution >= 4 is 17.1 Å². The highest BCUT2D eigenvalue weighted by Crippen LogP contribution is 2.24. The zero-order chi connectivity index (χ0) is 12.8. The lowest BCUT2D eigenvalue weighted by molar-refractivity contribution is 0.496. The molecule has 19 heavy (non-hydrogen) atoms. The Morgan fingerprint density at radius 1 is 1.16 bits per heavy atom. The maximum absolute atomic E-state index is 5.79. The number of oxazole rings is 1. The molecule has 96 valence electrons. The second kappa shape index (κ2) is 3.81. The first kappa shape index (κ1) is 10.5. The summed E-state index contributed by atoms with van der Waals surface area (Å²) < 4.78 is 7.92. The van der Waals surface area contributed by atoms with Gasteiger partial charge in [-0.1, -0.05) is 12.1 Å². The Hall–Kier alpha value is -2.37. The molecule has 0 fully saturated rings.